The molecular weight excluding hydrogens is 300 g/mol. The van der Waals surface area contributed by atoms with Gasteiger partial charge in [0.25, 0.3) is 10.1 Å². The van der Waals surface area contributed by atoms with Crippen LogP contribution in [0.25, 0.3) is 0 Å². The molecular formula is C17H36O4S. The van der Waals surface area contributed by atoms with Crippen molar-refractivity contribution in [1.82, 2.24) is 0 Å². The van der Waals surface area contributed by atoms with Gasteiger partial charge in [0.15, 0.2) is 5.94 Å². The Hall–Kier alpha value is -0.130. The predicted molar refractivity (Wildman–Crippen MR) is 92.7 cm³/mol. The number of hydrogen-bond acceptors (Lipinski definition) is 3. The van der Waals surface area contributed by atoms with Gasteiger partial charge in [-0.2, -0.15) is 8.42 Å². The standard InChI is InChI=1S/C17H36O4S/c1-2-3-4-5-6-7-8-9-10-11-12-13-14-15-16-21-17-22(18,19)20/h2-17H2,1H3,(H,18,19,20). The number of ether oxygens (including phenoxy) is 1. The van der Waals surface area contributed by atoms with E-state index in [1.54, 1.807) is 0 Å². The van der Waals surface area contributed by atoms with Gasteiger partial charge in [0.1, 0.15) is 0 Å². The molecule has 0 aromatic carbocycles. The van der Waals surface area contributed by atoms with Crippen LogP contribution in [0.3, 0.4) is 0 Å². The Bertz CT molecular complexity index is 315. The molecule has 0 unspecified atom stereocenters. The molecule has 1 N–H and O–H groups in total. The van der Waals surface area contributed by atoms with Crippen LogP contribution in [0.5, 0.6) is 0 Å². The van der Waals surface area contributed by atoms with E-state index in [0.717, 1.165) is 12.8 Å². The van der Waals surface area contributed by atoms with E-state index < -0.39 is 16.1 Å². The monoisotopic (exact) mass is 336 g/mol. The largest absolute Gasteiger partial charge is 0.363 e. The van der Waals surface area contributed by atoms with Crippen molar-refractivity contribution in [2.75, 3.05) is 12.5 Å². The second kappa shape index (κ2) is 15.8. The maximum atomic E-state index is 10.4. The highest BCUT2D eigenvalue weighted by Gasteiger charge is 2.02. The number of rotatable bonds is 17. The highest BCUT2D eigenvalue weighted by atomic mass is 32.2. The molecule has 4 nitrogen and oxygen atoms in total. The summed E-state index contributed by atoms with van der Waals surface area (Å²) in [5.74, 6) is -0.578. The molecule has 0 radical (unpaired) electrons. The van der Waals surface area contributed by atoms with E-state index in [1.807, 2.05) is 0 Å². The van der Waals surface area contributed by atoms with Gasteiger partial charge in [0, 0.05) is 6.61 Å². The summed E-state index contributed by atoms with van der Waals surface area (Å²) in [6, 6.07) is 0. The second-order valence-corrected chi connectivity index (χ2v) is 7.60. The molecule has 0 amide bonds. The summed E-state index contributed by atoms with van der Waals surface area (Å²) in [6.45, 7) is 2.67. The summed E-state index contributed by atoms with van der Waals surface area (Å²) in [6.07, 6.45) is 18.1. The van der Waals surface area contributed by atoms with Gasteiger partial charge in [-0.3, -0.25) is 4.55 Å². The molecule has 0 aliphatic carbocycles. The lowest BCUT2D eigenvalue weighted by atomic mass is 10.0. The Morgan fingerprint density at radius 3 is 1.41 bits per heavy atom. The summed E-state index contributed by atoms with van der Waals surface area (Å²) < 4.78 is 34.2. The average molecular weight is 337 g/mol. The molecule has 0 fully saturated rings. The Balaban J connectivity index is 3.03. The van der Waals surface area contributed by atoms with Crippen LogP contribution < -0.4 is 0 Å². The van der Waals surface area contributed by atoms with Gasteiger partial charge in [0.05, 0.1) is 0 Å². The van der Waals surface area contributed by atoms with Crippen molar-refractivity contribution in [3.8, 4) is 0 Å². The SMILES string of the molecule is CCCCCCCCCCCCCCCCOCS(=O)(=O)O. The maximum absolute atomic E-state index is 10.4. The van der Waals surface area contributed by atoms with E-state index in [2.05, 4.69) is 6.92 Å². The Morgan fingerprint density at radius 1 is 0.682 bits per heavy atom. The number of unbranched alkanes of at least 4 members (excludes halogenated alkanes) is 13. The maximum Gasteiger partial charge on any atom is 0.289 e. The van der Waals surface area contributed by atoms with Gasteiger partial charge in [0.2, 0.25) is 0 Å². The fourth-order valence-corrected chi connectivity index (χ4v) is 2.89. The zero-order valence-corrected chi connectivity index (χ0v) is 15.2. The Morgan fingerprint density at radius 2 is 1.05 bits per heavy atom. The van der Waals surface area contributed by atoms with Gasteiger partial charge in [-0.25, -0.2) is 0 Å². The van der Waals surface area contributed by atoms with Crippen LogP contribution in [0.1, 0.15) is 96.8 Å². The fourth-order valence-electron chi connectivity index (χ4n) is 2.56. The normalized spacial score (nSPS) is 11.9. The first-order valence-corrected chi connectivity index (χ1v) is 10.7. The second-order valence-electron chi connectivity index (χ2n) is 6.20. The molecule has 0 heterocycles. The highest BCUT2D eigenvalue weighted by Crippen LogP contribution is 2.12. The van der Waals surface area contributed by atoms with Gasteiger partial charge in [-0.15, -0.1) is 0 Å². The lowest BCUT2D eigenvalue weighted by Gasteiger charge is -2.04. The number of hydrogen-bond donors (Lipinski definition) is 1. The fraction of sp³-hybridized carbons (Fsp3) is 1.00. The molecule has 134 valence electrons. The summed E-state index contributed by atoms with van der Waals surface area (Å²) in [4.78, 5) is 0. The van der Waals surface area contributed by atoms with E-state index in [0.29, 0.717) is 6.61 Å². The molecule has 0 aromatic rings. The summed E-state index contributed by atoms with van der Waals surface area (Å²) in [7, 11) is -3.97. The topological polar surface area (TPSA) is 63.6 Å². The molecule has 0 saturated heterocycles. The predicted octanol–water partition coefficient (Wildman–Crippen LogP) is 5.33. The lowest BCUT2D eigenvalue weighted by Crippen LogP contribution is -2.08. The molecule has 0 aliphatic heterocycles. The van der Waals surface area contributed by atoms with Crippen LogP contribution in [-0.4, -0.2) is 25.5 Å². The molecule has 0 rings (SSSR count). The molecule has 0 saturated carbocycles. The van der Waals surface area contributed by atoms with Crippen molar-refractivity contribution in [2.45, 2.75) is 96.8 Å². The van der Waals surface area contributed by atoms with E-state index in [-0.39, 0.29) is 0 Å². The zero-order valence-electron chi connectivity index (χ0n) is 14.4. The first kappa shape index (κ1) is 21.9. The Labute approximate surface area is 137 Å². The quantitative estimate of drug-likeness (QED) is 0.288. The van der Waals surface area contributed by atoms with E-state index in [9.17, 15) is 8.42 Å². The van der Waals surface area contributed by atoms with Crippen molar-refractivity contribution >= 4 is 10.1 Å². The van der Waals surface area contributed by atoms with Crippen LogP contribution in [0.2, 0.25) is 0 Å². The molecule has 0 aromatic heterocycles. The van der Waals surface area contributed by atoms with Crippen molar-refractivity contribution in [3.05, 3.63) is 0 Å². The van der Waals surface area contributed by atoms with Gasteiger partial charge >= 0.3 is 0 Å². The smallest absolute Gasteiger partial charge is 0.289 e. The van der Waals surface area contributed by atoms with E-state index in [4.69, 9.17) is 9.29 Å². The minimum absolute atomic E-state index is 0.415. The highest BCUT2D eigenvalue weighted by molar-refractivity contribution is 7.85. The van der Waals surface area contributed by atoms with E-state index >= 15 is 0 Å². The van der Waals surface area contributed by atoms with Crippen LogP contribution in [0, 0.1) is 0 Å². The van der Waals surface area contributed by atoms with Crippen molar-refractivity contribution in [3.63, 3.8) is 0 Å². The molecule has 0 aliphatic rings. The van der Waals surface area contributed by atoms with Gasteiger partial charge in [-0.1, -0.05) is 90.4 Å². The Kier molecular flexibility index (Phi) is 15.7. The van der Waals surface area contributed by atoms with Crippen LogP contribution in [-0.2, 0) is 14.9 Å². The average Bonchev–Trinajstić information content (AvgIpc) is 2.45. The van der Waals surface area contributed by atoms with Crippen molar-refractivity contribution in [1.29, 1.82) is 0 Å². The third kappa shape index (κ3) is 19.9. The van der Waals surface area contributed by atoms with Gasteiger partial charge in [-0.05, 0) is 6.42 Å². The molecule has 0 spiro atoms. The first-order valence-electron chi connectivity index (χ1n) is 9.09. The van der Waals surface area contributed by atoms with Crippen LogP contribution in [0.15, 0.2) is 0 Å². The third-order valence-electron chi connectivity index (χ3n) is 3.87. The zero-order chi connectivity index (χ0) is 16.5. The third-order valence-corrected chi connectivity index (χ3v) is 4.34. The summed E-state index contributed by atoms with van der Waals surface area (Å²) >= 11 is 0. The van der Waals surface area contributed by atoms with Crippen LogP contribution >= 0.6 is 0 Å². The van der Waals surface area contributed by atoms with Crippen molar-refractivity contribution in [2.24, 2.45) is 0 Å². The summed E-state index contributed by atoms with van der Waals surface area (Å²) in [5.41, 5.74) is 0. The van der Waals surface area contributed by atoms with Crippen molar-refractivity contribution < 1.29 is 17.7 Å². The molecule has 0 bridgehead atoms. The lowest BCUT2D eigenvalue weighted by molar-refractivity contribution is 0.165. The van der Waals surface area contributed by atoms with Crippen LogP contribution in [0.4, 0.5) is 0 Å². The molecule has 22 heavy (non-hydrogen) atoms. The van der Waals surface area contributed by atoms with E-state index in [1.165, 1.54) is 77.0 Å². The first-order chi connectivity index (χ1) is 10.6. The van der Waals surface area contributed by atoms with Gasteiger partial charge < -0.3 is 4.74 Å². The molecule has 0 atom stereocenters. The molecule has 5 heteroatoms. The minimum atomic E-state index is -3.97. The summed E-state index contributed by atoms with van der Waals surface area (Å²) in [5, 5.41) is 0. The minimum Gasteiger partial charge on any atom is -0.363 e.